The molecule has 2 saturated heterocycles. The van der Waals surface area contributed by atoms with Gasteiger partial charge < -0.3 is 4.90 Å². The summed E-state index contributed by atoms with van der Waals surface area (Å²) in [6, 6.07) is 5.03. The number of pyridine rings is 1. The lowest BCUT2D eigenvalue weighted by molar-refractivity contribution is -0.120. The number of rotatable bonds is 1. The minimum atomic E-state index is 0.427. The van der Waals surface area contributed by atoms with Crippen LogP contribution in [0.5, 0.6) is 0 Å². The van der Waals surface area contributed by atoms with Crippen molar-refractivity contribution >= 4 is 11.5 Å². The maximum Gasteiger partial charge on any atom is 0.137 e. The molecule has 0 amide bonds. The number of carbonyl (C=O) groups excluding carboxylic acids is 1. The highest BCUT2D eigenvalue weighted by Crippen LogP contribution is 2.37. The number of carbonyl (C=O) groups is 1. The molecule has 0 N–H and O–H groups in total. The third-order valence-electron chi connectivity index (χ3n) is 3.74. The van der Waals surface area contributed by atoms with E-state index in [9.17, 15) is 4.79 Å². The van der Waals surface area contributed by atoms with Gasteiger partial charge in [-0.15, -0.1) is 0 Å². The number of fused-ring (bicyclic) bond motifs is 2. The van der Waals surface area contributed by atoms with E-state index in [0.717, 1.165) is 31.4 Å². The Morgan fingerprint density at radius 2 is 1.94 bits per heavy atom. The number of aryl methyl sites for hydroxylation is 1. The topological polar surface area (TPSA) is 33.2 Å². The van der Waals surface area contributed by atoms with Crippen LogP contribution in [0.4, 0.5) is 5.69 Å². The Balaban J connectivity index is 1.90. The van der Waals surface area contributed by atoms with Crippen LogP contribution in [0, 0.1) is 6.92 Å². The van der Waals surface area contributed by atoms with Crippen molar-refractivity contribution in [1.29, 1.82) is 0 Å². The normalized spacial score (nSPS) is 28.6. The summed E-state index contributed by atoms with van der Waals surface area (Å²) < 4.78 is 0. The largest absolute Gasteiger partial charge is 0.363 e. The summed E-state index contributed by atoms with van der Waals surface area (Å²) in [7, 11) is 0. The van der Waals surface area contributed by atoms with Gasteiger partial charge in [0.2, 0.25) is 0 Å². The van der Waals surface area contributed by atoms with Gasteiger partial charge in [0.15, 0.2) is 0 Å². The summed E-state index contributed by atoms with van der Waals surface area (Å²) in [5.74, 6) is 0.434. The lowest BCUT2D eigenvalue weighted by atomic mass is 10.0. The molecule has 3 rings (SSSR count). The first-order chi connectivity index (χ1) is 7.74. The number of aromatic nitrogens is 1. The molecule has 0 aliphatic carbocycles. The zero-order valence-electron chi connectivity index (χ0n) is 9.52. The molecule has 0 radical (unpaired) electrons. The molecule has 16 heavy (non-hydrogen) atoms. The fraction of sp³-hybridized carbons (Fsp3) is 0.538. The van der Waals surface area contributed by atoms with Crippen molar-refractivity contribution in [2.45, 2.75) is 44.7 Å². The second kappa shape index (κ2) is 3.58. The number of nitrogens with zero attached hydrogens (tertiary/aromatic N) is 2. The van der Waals surface area contributed by atoms with Gasteiger partial charge in [-0.1, -0.05) is 0 Å². The number of Topliss-reactive ketones (excluding diaryl/α,β-unsaturated/α-hetero) is 1. The molecule has 3 heterocycles. The monoisotopic (exact) mass is 216 g/mol. The Kier molecular flexibility index (Phi) is 2.20. The molecule has 2 bridgehead atoms. The number of anilines is 1. The Hall–Kier alpha value is -1.38. The van der Waals surface area contributed by atoms with Crippen LogP contribution in [0.15, 0.2) is 18.3 Å². The zero-order valence-corrected chi connectivity index (χ0v) is 9.52. The van der Waals surface area contributed by atoms with Crippen LogP contribution in [-0.4, -0.2) is 22.9 Å². The van der Waals surface area contributed by atoms with Crippen LogP contribution in [0.3, 0.4) is 0 Å². The molecule has 0 spiro atoms. The summed E-state index contributed by atoms with van der Waals surface area (Å²) in [6.45, 7) is 2.00. The Morgan fingerprint density at radius 3 is 2.50 bits per heavy atom. The minimum absolute atomic E-state index is 0.427. The molecule has 2 aliphatic heterocycles. The summed E-state index contributed by atoms with van der Waals surface area (Å²) in [6.07, 6.45) is 5.71. The van der Waals surface area contributed by atoms with Crippen LogP contribution in [0.25, 0.3) is 0 Å². The van der Waals surface area contributed by atoms with Gasteiger partial charge in [0, 0.05) is 30.6 Å². The minimum Gasteiger partial charge on any atom is -0.363 e. The predicted octanol–water partition coefficient (Wildman–Crippen LogP) is 2.09. The molecule has 2 fully saturated rings. The van der Waals surface area contributed by atoms with Gasteiger partial charge in [-0.3, -0.25) is 9.78 Å². The van der Waals surface area contributed by atoms with E-state index in [2.05, 4.69) is 16.0 Å². The summed E-state index contributed by atoms with van der Waals surface area (Å²) in [5, 5.41) is 0. The summed E-state index contributed by atoms with van der Waals surface area (Å²) in [4.78, 5) is 18.3. The van der Waals surface area contributed by atoms with Crippen molar-refractivity contribution < 1.29 is 4.79 Å². The molecule has 0 saturated carbocycles. The third-order valence-corrected chi connectivity index (χ3v) is 3.74. The van der Waals surface area contributed by atoms with Crippen LogP contribution >= 0.6 is 0 Å². The molecule has 1 aromatic rings. The van der Waals surface area contributed by atoms with Crippen LogP contribution in [0.2, 0.25) is 0 Å². The highest BCUT2D eigenvalue weighted by molar-refractivity contribution is 5.83. The first kappa shape index (κ1) is 9.82. The van der Waals surface area contributed by atoms with Gasteiger partial charge in [-0.05, 0) is 31.9 Å². The van der Waals surface area contributed by atoms with Crippen LogP contribution in [-0.2, 0) is 4.79 Å². The molecular formula is C13H16N2O. The Bertz CT molecular complexity index is 396. The van der Waals surface area contributed by atoms with E-state index in [1.807, 2.05) is 19.2 Å². The van der Waals surface area contributed by atoms with E-state index in [4.69, 9.17) is 0 Å². The van der Waals surface area contributed by atoms with Gasteiger partial charge in [0.25, 0.3) is 0 Å². The van der Waals surface area contributed by atoms with Gasteiger partial charge in [0.1, 0.15) is 5.78 Å². The van der Waals surface area contributed by atoms with Gasteiger partial charge in [0.05, 0.1) is 11.9 Å². The first-order valence-electron chi connectivity index (χ1n) is 5.97. The molecule has 2 aliphatic rings. The average molecular weight is 216 g/mol. The van der Waals surface area contributed by atoms with E-state index in [1.54, 1.807) is 0 Å². The number of hydrogen-bond acceptors (Lipinski definition) is 3. The third kappa shape index (κ3) is 1.51. The maximum atomic E-state index is 11.5. The van der Waals surface area contributed by atoms with Gasteiger partial charge in [-0.25, -0.2) is 0 Å². The number of ketones is 1. The van der Waals surface area contributed by atoms with Crippen molar-refractivity contribution in [2.24, 2.45) is 0 Å². The molecule has 84 valence electrons. The van der Waals surface area contributed by atoms with E-state index in [0.29, 0.717) is 17.9 Å². The second-order valence-corrected chi connectivity index (χ2v) is 4.90. The van der Waals surface area contributed by atoms with E-state index >= 15 is 0 Å². The quantitative estimate of drug-likeness (QED) is 0.720. The Labute approximate surface area is 95.5 Å². The zero-order chi connectivity index (χ0) is 11.1. The molecule has 2 unspecified atom stereocenters. The lowest BCUT2D eigenvalue weighted by Crippen LogP contribution is -2.43. The average Bonchev–Trinajstić information content (AvgIpc) is 2.54. The second-order valence-electron chi connectivity index (χ2n) is 4.90. The summed E-state index contributed by atoms with van der Waals surface area (Å²) >= 11 is 0. The highest BCUT2D eigenvalue weighted by atomic mass is 16.1. The van der Waals surface area contributed by atoms with E-state index in [-0.39, 0.29) is 0 Å². The van der Waals surface area contributed by atoms with Crippen molar-refractivity contribution in [3.63, 3.8) is 0 Å². The van der Waals surface area contributed by atoms with Gasteiger partial charge >= 0.3 is 0 Å². The van der Waals surface area contributed by atoms with Crippen LogP contribution in [0.1, 0.15) is 31.4 Å². The molecule has 3 heteroatoms. The Morgan fingerprint density at radius 1 is 1.25 bits per heavy atom. The lowest BCUT2D eigenvalue weighted by Gasteiger charge is -2.35. The standard InChI is InChI=1S/C13H16N2O/c1-9-2-3-12(8-14-9)15-10-4-5-11(15)7-13(16)6-10/h2-3,8,10-11H,4-7H2,1H3. The van der Waals surface area contributed by atoms with Gasteiger partial charge in [-0.2, -0.15) is 0 Å². The van der Waals surface area contributed by atoms with Crippen molar-refractivity contribution in [3.8, 4) is 0 Å². The van der Waals surface area contributed by atoms with E-state index < -0.39 is 0 Å². The fourth-order valence-corrected chi connectivity index (χ4v) is 3.01. The molecule has 3 nitrogen and oxygen atoms in total. The van der Waals surface area contributed by atoms with Crippen LogP contribution < -0.4 is 4.90 Å². The first-order valence-corrected chi connectivity index (χ1v) is 5.97. The van der Waals surface area contributed by atoms with E-state index in [1.165, 1.54) is 5.69 Å². The van der Waals surface area contributed by atoms with Crippen molar-refractivity contribution in [2.75, 3.05) is 4.90 Å². The molecular weight excluding hydrogens is 200 g/mol. The SMILES string of the molecule is Cc1ccc(N2C3CCC2CC(=O)C3)cn1. The molecule has 2 atom stereocenters. The number of hydrogen-bond donors (Lipinski definition) is 0. The number of piperidine rings is 1. The highest BCUT2D eigenvalue weighted by Gasteiger charge is 2.40. The summed E-state index contributed by atoms with van der Waals surface area (Å²) in [5.41, 5.74) is 2.23. The van der Waals surface area contributed by atoms with Crippen molar-refractivity contribution in [3.05, 3.63) is 24.0 Å². The van der Waals surface area contributed by atoms with Crippen molar-refractivity contribution in [1.82, 2.24) is 4.98 Å². The fourth-order valence-electron chi connectivity index (χ4n) is 3.01. The predicted molar refractivity (Wildman–Crippen MR) is 62.5 cm³/mol. The molecule has 0 aromatic carbocycles. The smallest absolute Gasteiger partial charge is 0.137 e. The molecule has 1 aromatic heterocycles. The maximum absolute atomic E-state index is 11.5.